The van der Waals surface area contributed by atoms with Gasteiger partial charge in [0.25, 0.3) is 0 Å². The number of aryl methyl sites for hydroxylation is 1. The number of carbonyl (C=O) groups excluding carboxylic acids is 1. The average molecular weight is 328 g/mol. The Hall–Kier alpha value is -1.78. The molecule has 2 aromatic carbocycles. The van der Waals surface area contributed by atoms with Gasteiger partial charge in [0.2, 0.25) is 5.91 Å². The third-order valence-corrected chi connectivity index (χ3v) is 4.69. The van der Waals surface area contributed by atoms with Gasteiger partial charge in [0.1, 0.15) is 0 Å². The molecule has 0 saturated carbocycles. The fourth-order valence-electron chi connectivity index (χ4n) is 2.24. The zero-order valence-corrected chi connectivity index (χ0v) is 15.0. The molecule has 0 spiro atoms. The van der Waals surface area contributed by atoms with E-state index < -0.39 is 0 Å². The van der Waals surface area contributed by atoms with Gasteiger partial charge in [-0.15, -0.1) is 11.8 Å². The molecule has 4 heteroatoms. The third kappa shape index (κ3) is 5.12. The van der Waals surface area contributed by atoms with Crippen molar-refractivity contribution in [1.29, 1.82) is 0 Å². The summed E-state index contributed by atoms with van der Waals surface area (Å²) < 4.78 is 0. The van der Waals surface area contributed by atoms with Crippen molar-refractivity contribution in [2.75, 3.05) is 18.6 Å². The molecule has 23 heavy (non-hydrogen) atoms. The molecule has 0 aliphatic rings. The van der Waals surface area contributed by atoms with Crippen LogP contribution in [0.15, 0.2) is 53.4 Å². The molecule has 0 bridgehead atoms. The van der Waals surface area contributed by atoms with Crippen molar-refractivity contribution < 1.29 is 4.79 Å². The largest absolute Gasteiger partial charge is 0.325 e. The summed E-state index contributed by atoms with van der Waals surface area (Å²) in [6.07, 6.45) is 2.07. The summed E-state index contributed by atoms with van der Waals surface area (Å²) >= 11 is 1.73. The Morgan fingerprint density at radius 1 is 1.13 bits per heavy atom. The molecule has 0 unspecified atom stereocenters. The highest BCUT2D eigenvalue weighted by atomic mass is 32.2. The molecule has 0 saturated heterocycles. The molecule has 0 heterocycles. The minimum atomic E-state index is -0.198. The number of nitrogens with one attached hydrogen (secondary N) is 1. The van der Waals surface area contributed by atoms with Crippen LogP contribution in [-0.4, -0.2) is 30.2 Å². The fraction of sp³-hybridized carbons (Fsp3) is 0.316. The van der Waals surface area contributed by atoms with Crippen LogP contribution >= 0.6 is 11.8 Å². The van der Waals surface area contributed by atoms with Gasteiger partial charge in [0, 0.05) is 17.1 Å². The smallest absolute Gasteiger partial charge is 0.241 e. The number of thioether (sulfide) groups is 1. The highest BCUT2D eigenvalue weighted by Gasteiger charge is 2.18. The van der Waals surface area contributed by atoms with E-state index in [9.17, 15) is 4.79 Å². The van der Waals surface area contributed by atoms with Crippen LogP contribution in [0.25, 0.3) is 0 Å². The SMILES string of the molecule is CSc1ccc(CN(C)[C@@H](C)C(=O)Nc2ccc(C)cc2)cc1. The second-order valence-corrected chi connectivity index (χ2v) is 6.67. The third-order valence-electron chi connectivity index (χ3n) is 3.95. The van der Waals surface area contributed by atoms with E-state index in [1.165, 1.54) is 16.0 Å². The van der Waals surface area contributed by atoms with Crippen LogP contribution in [0.2, 0.25) is 0 Å². The molecule has 0 aliphatic heterocycles. The van der Waals surface area contributed by atoms with Crippen molar-refractivity contribution >= 4 is 23.4 Å². The monoisotopic (exact) mass is 328 g/mol. The molecule has 0 fully saturated rings. The lowest BCUT2D eigenvalue weighted by atomic mass is 10.2. The minimum Gasteiger partial charge on any atom is -0.325 e. The summed E-state index contributed by atoms with van der Waals surface area (Å²) in [7, 11) is 1.97. The second-order valence-electron chi connectivity index (χ2n) is 5.79. The topological polar surface area (TPSA) is 32.3 Å². The van der Waals surface area contributed by atoms with E-state index in [1.54, 1.807) is 11.8 Å². The van der Waals surface area contributed by atoms with E-state index >= 15 is 0 Å². The van der Waals surface area contributed by atoms with Gasteiger partial charge in [-0.3, -0.25) is 9.69 Å². The highest BCUT2D eigenvalue weighted by molar-refractivity contribution is 7.98. The van der Waals surface area contributed by atoms with E-state index in [2.05, 4.69) is 40.7 Å². The van der Waals surface area contributed by atoms with Crippen LogP contribution in [0.3, 0.4) is 0 Å². The Morgan fingerprint density at radius 3 is 2.30 bits per heavy atom. The molecule has 1 N–H and O–H groups in total. The second kappa shape index (κ2) is 8.18. The quantitative estimate of drug-likeness (QED) is 0.808. The molecule has 2 aromatic rings. The number of likely N-dealkylation sites (N-methyl/N-ethyl adjacent to an activating group) is 1. The Balaban J connectivity index is 1.93. The van der Waals surface area contributed by atoms with Crippen LogP contribution in [0.4, 0.5) is 5.69 Å². The van der Waals surface area contributed by atoms with Gasteiger partial charge in [0.05, 0.1) is 6.04 Å². The first-order valence-corrected chi connectivity index (χ1v) is 8.93. The molecule has 122 valence electrons. The van der Waals surface area contributed by atoms with Crippen LogP contribution < -0.4 is 5.32 Å². The Labute approximate surface area is 143 Å². The summed E-state index contributed by atoms with van der Waals surface area (Å²) in [6, 6.07) is 16.1. The molecule has 1 amide bonds. The van der Waals surface area contributed by atoms with Crippen LogP contribution in [0, 0.1) is 6.92 Å². The lowest BCUT2D eigenvalue weighted by Crippen LogP contribution is -2.39. The van der Waals surface area contributed by atoms with Crippen LogP contribution in [0.5, 0.6) is 0 Å². The summed E-state index contributed by atoms with van der Waals surface area (Å²) in [5.41, 5.74) is 3.23. The first-order valence-electron chi connectivity index (χ1n) is 7.70. The fourth-order valence-corrected chi connectivity index (χ4v) is 2.65. The number of amides is 1. The highest BCUT2D eigenvalue weighted by Crippen LogP contribution is 2.16. The number of anilines is 1. The predicted molar refractivity (Wildman–Crippen MR) is 99.0 cm³/mol. The van der Waals surface area contributed by atoms with Crippen molar-refractivity contribution in [3.63, 3.8) is 0 Å². The van der Waals surface area contributed by atoms with E-state index in [-0.39, 0.29) is 11.9 Å². The Bertz CT molecular complexity index is 637. The van der Waals surface area contributed by atoms with Gasteiger partial charge in [-0.2, -0.15) is 0 Å². The van der Waals surface area contributed by atoms with Crippen molar-refractivity contribution in [3.05, 3.63) is 59.7 Å². The van der Waals surface area contributed by atoms with Crippen molar-refractivity contribution in [2.45, 2.75) is 31.3 Å². The molecule has 0 aromatic heterocycles. The van der Waals surface area contributed by atoms with Gasteiger partial charge in [0.15, 0.2) is 0 Å². The molecule has 0 aliphatic carbocycles. The number of rotatable bonds is 6. The van der Waals surface area contributed by atoms with Crippen LogP contribution in [0.1, 0.15) is 18.1 Å². The number of carbonyl (C=O) groups is 1. The first kappa shape index (κ1) is 17.6. The van der Waals surface area contributed by atoms with Gasteiger partial charge in [-0.1, -0.05) is 29.8 Å². The van der Waals surface area contributed by atoms with Gasteiger partial charge in [-0.05, 0) is 57.0 Å². The van der Waals surface area contributed by atoms with Crippen molar-refractivity contribution in [3.8, 4) is 0 Å². The zero-order chi connectivity index (χ0) is 16.8. The maximum Gasteiger partial charge on any atom is 0.241 e. The van der Waals surface area contributed by atoms with Gasteiger partial charge < -0.3 is 5.32 Å². The molecule has 3 nitrogen and oxygen atoms in total. The van der Waals surface area contributed by atoms with E-state index in [0.29, 0.717) is 0 Å². The number of hydrogen-bond donors (Lipinski definition) is 1. The zero-order valence-electron chi connectivity index (χ0n) is 14.2. The normalized spacial score (nSPS) is 12.2. The molecular weight excluding hydrogens is 304 g/mol. The lowest BCUT2D eigenvalue weighted by Gasteiger charge is -2.24. The minimum absolute atomic E-state index is 0.0112. The van der Waals surface area contributed by atoms with Crippen molar-refractivity contribution in [2.24, 2.45) is 0 Å². The molecule has 2 rings (SSSR count). The summed E-state index contributed by atoms with van der Waals surface area (Å²) in [4.78, 5) is 15.7. The van der Waals surface area contributed by atoms with E-state index in [1.807, 2.05) is 45.2 Å². The van der Waals surface area contributed by atoms with E-state index in [4.69, 9.17) is 0 Å². The first-order chi connectivity index (χ1) is 11.0. The Kier molecular flexibility index (Phi) is 6.25. The summed E-state index contributed by atoms with van der Waals surface area (Å²) in [6.45, 7) is 4.71. The molecular formula is C19H24N2OS. The summed E-state index contributed by atoms with van der Waals surface area (Å²) in [5.74, 6) is 0.0112. The lowest BCUT2D eigenvalue weighted by molar-refractivity contribution is -0.120. The maximum atomic E-state index is 12.4. The maximum absolute atomic E-state index is 12.4. The van der Waals surface area contributed by atoms with E-state index in [0.717, 1.165) is 12.2 Å². The van der Waals surface area contributed by atoms with Crippen molar-refractivity contribution in [1.82, 2.24) is 4.90 Å². The van der Waals surface area contributed by atoms with Gasteiger partial charge in [-0.25, -0.2) is 0 Å². The summed E-state index contributed by atoms with van der Waals surface area (Å²) in [5, 5.41) is 2.97. The Morgan fingerprint density at radius 2 is 1.74 bits per heavy atom. The molecule has 0 radical (unpaired) electrons. The average Bonchev–Trinajstić information content (AvgIpc) is 2.56. The molecule has 1 atom stereocenters. The number of benzene rings is 2. The standard InChI is InChI=1S/C19H24N2OS/c1-14-5-9-17(10-6-14)20-19(22)15(2)21(3)13-16-7-11-18(23-4)12-8-16/h5-12,15H,13H2,1-4H3,(H,20,22)/t15-/m0/s1. The van der Waals surface area contributed by atoms with Gasteiger partial charge >= 0.3 is 0 Å². The number of nitrogens with zero attached hydrogens (tertiary/aromatic N) is 1. The number of hydrogen-bond acceptors (Lipinski definition) is 3. The predicted octanol–water partition coefficient (Wildman–Crippen LogP) is 4.18. The van der Waals surface area contributed by atoms with Crippen LogP contribution in [-0.2, 0) is 11.3 Å².